The maximum Gasteiger partial charge on any atom is 0.321 e. The van der Waals surface area contributed by atoms with Crippen molar-refractivity contribution in [1.29, 1.82) is 5.26 Å². The number of hydrogen-bond donors (Lipinski definition) is 2. The average molecular weight is 522 g/mol. The summed E-state index contributed by atoms with van der Waals surface area (Å²) >= 11 is 12.0. The molecule has 2 aromatic rings. The Balaban J connectivity index is 2.29. The van der Waals surface area contributed by atoms with Gasteiger partial charge < -0.3 is 5.11 Å². The van der Waals surface area contributed by atoms with E-state index >= 15 is 8.78 Å². The molecule has 0 saturated carbocycles. The van der Waals surface area contributed by atoms with Gasteiger partial charge in [-0.25, -0.2) is 8.78 Å². The zero-order valence-electron chi connectivity index (χ0n) is 19.0. The highest BCUT2D eigenvalue weighted by Crippen LogP contribution is 2.53. The summed E-state index contributed by atoms with van der Waals surface area (Å²) in [5.41, 5.74) is 6.02. The van der Waals surface area contributed by atoms with E-state index in [0.717, 1.165) is 6.07 Å². The molecule has 4 atom stereocenters. The molecule has 11 heteroatoms. The summed E-state index contributed by atoms with van der Waals surface area (Å²) in [5.74, 6) is -4.32. The number of halogens is 4. The number of nitriles is 1. The zero-order chi connectivity index (χ0) is 26.0. The van der Waals surface area contributed by atoms with E-state index in [4.69, 9.17) is 28.7 Å². The second-order valence-corrected chi connectivity index (χ2v) is 10.2. The summed E-state index contributed by atoms with van der Waals surface area (Å²) in [7, 11) is 0. The van der Waals surface area contributed by atoms with E-state index in [1.807, 2.05) is 13.8 Å². The minimum absolute atomic E-state index is 0.0943. The van der Waals surface area contributed by atoms with Crippen molar-refractivity contribution in [3.63, 3.8) is 0 Å². The van der Waals surface area contributed by atoms with E-state index in [1.54, 1.807) is 0 Å². The van der Waals surface area contributed by atoms with Gasteiger partial charge in [-0.2, -0.15) is 5.26 Å². The minimum Gasteiger partial charge on any atom is -0.480 e. The van der Waals surface area contributed by atoms with Crippen LogP contribution in [0.15, 0.2) is 41.5 Å². The standard InChI is InChI=1S/C24H23Cl2F2N5O2/c1-23(2,8-9-31-33-30)11-18-24(12-29,15-7-6-13(25)10-17(15)27)19(21(32-18)22(34)35)14-4-3-5-16(26)20(14)28/h3-7,10,18-19,21,32H,8-9,11H2,1-2H3,(H,34,35). The average Bonchev–Trinajstić information content (AvgIpc) is 3.10. The molecule has 1 saturated heterocycles. The van der Waals surface area contributed by atoms with Gasteiger partial charge in [0, 0.05) is 34.0 Å². The van der Waals surface area contributed by atoms with Crippen molar-refractivity contribution >= 4 is 29.2 Å². The van der Waals surface area contributed by atoms with Crippen LogP contribution < -0.4 is 5.32 Å². The van der Waals surface area contributed by atoms with Gasteiger partial charge in [0.15, 0.2) is 0 Å². The molecule has 1 aliphatic heterocycles. The molecule has 7 nitrogen and oxygen atoms in total. The second-order valence-electron chi connectivity index (χ2n) is 9.33. The van der Waals surface area contributed by atoms with Gasteiger partial charge in [-0.3, -0.25) is 10.1 Å². The van der Waals surface area contributed by atoms with Gasteiger partial charge in [0.1, 0.15) is 23.1 Å². The first-order valence-electron chi connectivity index (χ1n) is 10.8. The normalized spacial score (nSPS) is 24.0. The van der Waals surface area contributed by atoms with Crippen LogP contribution in [0.2, 0.25) is 10.0 Å². The predicted molar refractivity (Wildman–Crippen MR) is 128 cm³/mol. The molecule has 3 rings (SSSR count). The quantitative estimate of drug-likeness (QED) is 0.238. The third kappa shape index (κ3) is 5.07. The van der Waals surface area contributed by atoms with E-state index in [-0.39, 0.29) is 34.1 Å². The van der Waals surface area contributed by atoms with Gasteiger partial charge in [0.25, 0.3) is 0 Å². The molecule has 184 valence electrons. The van der Waals surface area contributed by atoms with Gasteiger partial charge in [0.2, 0.25) is 0 Å². The van der Waals surface area contributed by atoms with Gasteiger partial charge in [0.05, 0.1) is 11.1 Å². The Morgan fingerprint density at radius 1 is 1.34 bits per heavy atom. The minimum atomic E-state index is -1.83. The molecule has 35 heavy (non-hydrogen) atoms. The number of carboxylic acid groups (broad SMARTS) is 1. The lowest BCUT2D eigenvalue weighted by molar-refractivity contribution is -0.139. The molecule has 2 N–H and O–H groups in total. The fourth-order valence-corrected chi connectivity index (χ4v) is 5.32. The van der Waals surface area contributed by atoms with Crippen LogP contribution in [0, 0.1) is 28.4 Å². The van der Waals surface area contributed by atoms with Crippen molar-refractivity contribution in [2.45, 2.75) is 50.1 Å². The molecule has 0 aromatic heterocycles. The Morgan fingerprint density at radius 3 is 2.66 bits per heavy atom. The fraction of sp³-hybridized carbons (Fsp3) is 0.417. The Bertz CT molecular complexity index is 1230. The Hall–Kier alpha value is -2.89. The fourth-order valence-electron chi connectivity index (χ4n) is 4.98. The van der Waals surface area contributed by atoms with E-state index in [9.17, 15) is 15.2 Å². The topological polar surface area (TPSA) is 122 Å². The third-order valence-corrected chi connectivity index (χ3v) is 7.13. The molecule has 4 unspecified atom stereocenters. The second kappa shape index (κ2) is 10.4. The number of carbonyl (C=O) groups is 1. The molecule has 0 aliphatic carbocycles. The highest BCUT2D eigenvalue weighted by atomic mass is 35.5. The molecule has 0 amide bonds. The van der Waals surface area contributed by atoms with Crippen LogP contribution in [0.5, 0.6) is 0 Å². The third-order valence-electron chi connectivity index (χ3n) is 6.61. The first-order valence-corrected chi connectivity index (χ1v) is 11.5. The van der Waals surface area contributed by atoms with E-state index in [1.165, 1.54) is 30.3 Å². The summed E-state index contributed by atoms with van der Waals surface area (Å²) in [4.78, 5) is 15.1. The number of benzene rings is 2. The van der Waals surface area contributed by atoms with Crippen LogP contribution in [0.1, 0.15) is 43.7 Å². The molecular formula is C24H23Cl2F2N5O2. The number of nitrogens with zero attached hydrogens (tertiary/aromatic N) is 4. The lowest BCUT2D eigenvalue weighted by atomic mass is 9.62. The van der Waals surface area contributed by atoms with Gasteiger partial charge >= 0.3 is 5.97 Å². The zero-order valence-corrected chi connectivity index (χ0v) is 20.5. The maximum atomic E-state index is 15.4. The van der Waals surface area contributed by atoms with Crippen molar-refractivity contribution < 1.29 is 18.7 Å². The largest absolute Gasteiger partial charge is 0.480 e. The number of rotatable bonds is 8. The monoisotopic (exact) mass is 521 g/mol. The Morgan fingerprint density at radius 2 is 2.06 bits per heavy atom. The van der Waals surface area contributed by atoms with Gasteiger partial charge in [-0.15, -0.1) is 0 Å². The predicted octanol–water partition coefficient (Wildman–Crippen LogP) is 6.36. The van der Waals surface area contributed by atoms with E-state index < -0.39 is 46.4 Å². The van der Waals surface area contributed by atoms with Crippen LogP contribution >= 0.6 is 23.2 Å². The van der Waals surface area contributed by atoms with Crippen LogP contribution in [0.3, 0.4) is 0 Å². The molecule has 1 fully saturated rings. The van der Waals surface area contributed by atoms with Crippen molar-refractivity contribution in [3.05, 3.63) is 79.6 Å². The van der Waals surface area contributed by atoms with Crippen LogP contribution in [0.4, 0.5) is 8.78 Å². The van der Waals surface area contributed by atoms with Crippen LogP contribution in [-0.2, 0) is 10.2 Å². The molecule has 0 bridgehead atoms. The SMILES string of the molecule is CC(C)(CCN=[N+]=[N-])CC1NC(C(=O)O)C(c2cccc(Cl)c2F)C1(C#N)c1ccc(Cl)cc1F. The van der Waals surface area contributed by atoms with E-state index in [0.29, 0.717) is 6.42 Å². The molecule has 0 spiro atoms. The summed E-state index contributed by atoms with van der Waals surface area (Å²) in [5, 5.41) is 27.1. The van der Waals surface area contributed by atoms with Crippen molar-refractivity contribution in [2.75, 3.05) is 6.54 Å². The lowest BCUT2D eigenvalue weighted by Gasteiger charge is -2.38. The number of nitrogens with one attached hydrogen (secondary N) is 1. The van der Waals surface area contributed by atoms with Gasteiger partial charge in [-0.05, 0) is 47.6 Å². The van der Waals surface area contributed by atoms with Crippen LogP contribution in [0.25, 0.3) is 10.4 Å². The number of hydrogen-bond acceptors (Lipinski definition) is 4. The molecular weight excluding hydrogens is 499 g/mol. The van der Waals surface area contributed by atoms with Crippen molar-refractivity contribution in [3.8, 4) is 6.07 Å². The Labute approximate surface area is 211 Å². The molecule has 0 radical (unpaired) electrons. The summed E-state index contributed by atoms with van der Waals surface area (Å²) in [6.45, 7) is 3.91. The van der Waals surface area contributed by atoms with Crippen molar-refractivity contribution in [1.82, 2.24) is 5.32 Å². The van der Waals surface area contributed by atoms with E-state index in [2.05, 4.69) is 21.4 Å². The smallest absolute Gasteiger partial charge is 0.321 e. The summed E-state index contributed by atoms with van der Waals surface area (Å²) in [6, 6.07) is 7.75. The number of azide groups is 1. The first-order chi connectivity index (χ1) is 16.5. The highest BCUT2D eigenvalue weighted by molar-refractivity contribution is 6.31. The molecule has 1 heterocycles. The number of carboxylic acids is 1. The van der Waals surface area contributed by atoms with Gasteiger partial charge in [-0.1, -0.05) is 60.4 Å². The number of aliphatic carboxylic acids is 1. The first kappa shape index (κ1) is 26.7. The highest BCUT2D eigenvalue weighted by Gasteiger charge is 2.61. The lowest BCUT2D eigenvalue weighted by Crippen LogP contribution is -2.45. The molecule has 2 aromatic carbocycles. The summed E-state index contributed by atoms with van der Waals surface area (Å²) in [6.07, 6.45) is 0.625. The molecule has 1 aliphatic rings. The maximum absolute atomic E-state index is 15.4. The summed E-state index contributed by atoms with van der Waals surface area (Å²) < 4.78 is 30.7. The van der Waals surface area contributed by atoms with Crippen molar-refractivity contribution in [2.24, 2.45) is 10.5 Å². The van der Waals surface area contributed by atoms with Crippen LogP contribution in [-0.4, -0.2) is 29.7 Å². The Kier molecular flexibility index (Phi) is 7.93.